The van der Waals surface area contributed by atoms with E-state index in [1.165, 1.54) is 5.56 Å². The zero-order valence-corrected chi connectivity index (χ0v) is 16.3. The Bertz CT molecular complexity index is 888. The van der Waals surface area contributed by atoms with Crippen LogP contribution in [0.5, 0.6) is 0 Å². The maximum Gasteiger partial charge on any atom is 0.494 e. The first kappa shape index (κ1) is 17.6. The zero-order chi connectivity index (χ0) is 18.4. The van der Waals surface area contributed by atoms with Gasteiger partial charge in [0.1, 0.15) is 5.52 Å². The number of thioether (sulfide) groups is 1. The number of oxazole rings is 1. The van der Waals surface area contributed by atoms with Crippen LogP contribution in [0.4, 0.5) is 0 Å². The van der Waals surface area contributed by atoms with E-state index in [1.807, 2.05) is 30.3 Å². The van der Waals surface area contributed by atoms with Crippen molar-refractivity contribution in [1.29, 1.82) is 0 Å². The second-order valence-corrected chi connectivity index (χ2v) is 8.50. The van der Waals surface area contributed by atoms with Gasteiger partial charge in [-0.15, -0.1) is 0 Å². The Morgan fingerprint density at radius 1 is 0.962 bits per heavy atom. The molecule has 1 fully saturated rings. The second kappa shape index (κ2) is 6.45. The Kier molecular flexibility index (Phi) is 4.37. The summed E-state index contributed by atoms with van der Waals surface area (Å²) in [7, 11) is -0.339. The molecule has 3 aromatic rings. The van der Waals surface area contributed by atoms with E-state index in [0.717, 1.165) is 22.3 Å². The normalized spacial score (nSPS) is 18.5. The molecule has 1 aliphatic rings. The third-order valence-electron chi connectivity index (χ3n) is 5.11. The molecule has 0 atom stereocenters. The van der Waals surface area contributed by atoms with Crippen molar-refractivity contribution in [1.82, 2.24) is 4.98 Å². The highest BCUT2D eigenvalue weighted by atomic mass is 32.2. The second-order valence-electron chi connectivity index (χ2n) is 7.57. The predicted octanol–water partition coefficient (Wildman–Crippen LogP) is 4.42. The number of nitrogens with zero attached hydrogens (tertiary/aromatic N) is 1. The van der Waals surface area contributed by atoms with Gasteiger partial charge in [-0.3, -0.25) is 0 Å². The number of hydrogen-bond acceptors (Lipinski definition) is 5. The summed E-state index contributed by atoms with van der Waals surface area (Å²) in [4.78, 5) is 4.51. The van der Waals surface area contributed by atoms with Crippen molar-refractivity contribution in [3.8, 4) is 0 Å². The van der Waals surface area contributed by atoms with Crippen LogP contribution in [0.3, 0.4) is 0 Å². The molecule has 1 aliphatic heterocycles. The van der Waals surface area contributed by atoms with Crippen LogP contribution in [0, 0.1) is 0 Å². The van der Waals surface area contributed by atoms with Crippen molar-refractivity contribution in [2.24, 2.45) is 0 Å². The fourth-order valence-electron chi connectivity index (χ4n) is 2.87. The highest BCUT2D eigenvalue weighted by Crippen LogP contribution is 2.36. The maximum atomic E-state index is 6.15. The molecule has 0 bridgehead atoms. The molecule has 0 spiro atoms. The van der Waals surface area contributed by atoms with E-state index < -0.39 is 0 Å². The number of benzene rings is 2. The van der Waals surface area contributed by atoms with Crippen LogP contribution in [0.25, 0.3) is 11.1 Å². The third-order valence-corrected chi connectivity index (χ3v) is 6.01. The summed E-state index contributed by atoms with van der Waals surface area (Å²) in [6.45, 7) is 8.28. The van der Waals surface area contributed by atoms with E-state index in [1.54, 1.807) is 11.8 Å². The summed E-state index contributed by atoms with van der Waals surface area (Å²) < 4.78 is 18.1. The summed E-state index contributed by atoms with van der Waals surface area (Å²) in [5.74, 6) is 0.778. The molecule has 134 valence electrons. The average Bonchev–Trinajstić information content (AvgIpc) is 3.11. The van der Waals surface area contributed by atoms with Crippen molar-refractivity contribution in [2.75, 3.05) is 0 Å². The van der Waals surface area contributed by atoms with Crippen LogP contribution in [0.15, 0.2) is 58.2 Å². The molecule has 1 aromatic heterocycles. The van der Waals surface area contributed by atoms with Gasteiger partial charge in [-0.05, 0) is 50.9 Å². The summed E-state index contributed by atoms with van der Waals surface area (Å²) >= 11 is 1.59. The van der Waals surface area contributed by atoms with Gasteiger partial charge in [0.25, 0.3) is 5.22 Å². The molecule has 0 unspecified atom stereocenters. The third kappa shape index (κ3) is 3.29. The highest BCUT2D eigenvalue weighted by molar-refractivity contribution is 7.98. The van der Waals surface area contributed by atoms with Crippen molar-refractivity contribution in [3.05, 3.63) is 54.1 Å². The largest absolute Gasteiger partial charge is 0.494 e. The number of aromatic nitrogens is 1. The Hall–Kier alpha value is -1.76. The molecule has 2 heterocycles. The maximum absolute atomic E-state index is 6.15. The number of fused-ring (bicyclic) bond motifs is 1. The number of hydrogen-bond donors (Lipinski definition) is 0. The molecule has 0 radical (unpaired) electrons. The van der Waals surface area contributed by atoms with Gasteiger partial charge in [-0.1, -0.05) is 48.2 Å². The summed E-state index contributed by atoms with van der Waals surface area (Å²) in [5, 5.41) is 0.687. The minimum absolute atomic E-state index is 0.333. The minimum Gasteiger partial charge on any atom is -0.431 e. The van der Waals surface area contributed by atoms with Gasteiger partial charge >= 0.3 is 7.12 Å². The first-order valence-corrected chi connectivity index (χ1v) is 9.75. The first-order chi connectivity index (χ1) is 12.3. The van der Waals surface area contributed by atoms with Crippen LogP contribution in [-0.4, -0.2) is 23.3 Å². The molecule has 2 aromatic carbocycles. The standard InChI is InChI=1S/C20H22BNO3S/c1-19(2)20(3,4)25-21(24-19)15-9-7-8-14(12-15)13-26-18-22-16-10-5-6-11-17(16)23-18/h5-12H,13H2,1-4H3. The number of para-hydroxylation sites is 2. The molecule has 4 rings (SSSR count). The molecular formula is C20H22BNO3S. The van der Waals surface area contributed by atoms with Crippen LogP contribution in [-0.2, 0) is 15.1 Å². The van der Waals surface area contributed by atoms with E-state index >= 15 is 0 Å². The number of rotatable bonds is 4. The first-order valence-electron chi connectivity index (χ1n) is 8.77. The molecular weight excluding hydrogens is 345 g/mol. The quantitative estimate of drug-likeness (QED) is 0.505. The predicted molar refractivity (Wildman–Crippen MR) is 106 cm³/mol. The highest BCUT2D eigenvalue weighted by Gasteiger charge is 2.51. The Labute approximate surface area is 158 Å². The summed E-state index contributed by atoms with van der Waals surface area (Å²) in [6.07, 6.45) is 0. The fourth-order valence-corrected chi connectivity index (χ4v) is 3.65. The molecule has 26 heavy (non-hydrogen) atoms. The Balaban J connectivity index is 1.48. The smallest absolute Gasteiger partial charge is 0.431 e. The summed E-state index contributed by atoms with van der Waals surface area (Å²) in [5.41, 5.74) is 3.27. The lowest BCUT2D eigenvalue weighted by Gasteiger charge is -2.32. The SMILES string of the molecule is CC1(C)OB(c2cccc(CSc3nc4ccccc4o3)c2)OC1(C)C. The van der Waals surface area contributed by atoms with Gasteiger partial charge in [0.15, 0.2) is 5.58 Å². The van der Waals surface area contributed by atoms with E-state index in [0.29, 0.717) is 5.22 Å². The molecule has 1 saturated heterocycles. The van der Waals surface area contributed by atoms with E-state index in [9.17, 15) is 0 Å². The monoisotopic (exact) mass is 367 g/mol. The Morgan fingerprint density at radius 3 is 2.42 bits per heavy atom. The van der Waals surface area contributed by atoms with Crippen LogP contribution in [0.1, 0.15) is 33.3 Å². The van der Waals surface area contributed by atoms with E-state index in [4.69, 9.17) is 13.7 Å². The lowest BCUT2D eigenvalue weighted by Crippen LogP contribution is -2.41. The van der Waals surface area contributed by atoms with E-state index in [-0.39, 0.29) is 18.3 Å². The average molecular weight is 367 g/mol. The lowest BCUT2D eigenvalue weighted by molar-refractivity contribution is 0.00578. The Morgan fingerprint density at radius 2 is 1.69 bits per heavy atom. The summed E-state index contributed by atoms with van der Waals surface area (Å²) in [6, 6.07) is 16.1. The van der Waals surface area contributed by atoms with Gasteiger partial charge in [-0.2, -0.15) is 0 Å². The molecule has 6 heteroatoms. The van der Waals surface area contributed by atoms with Crippen LogP contribution < -0.4 is 5.46 Å². The lowest BCUT2D eigenvalue weighted by atomic mass is 9.78. The molecule has 0 saturated carbocycles. The van der Waals surface area contributed by atoms with Gasteiger partial charge in [0.05, 0.1) is 11.2 Å². The van der Waals surface area contributed by atoms with Gasteiger partial charge < -0.3 is 13.7 Å². The fraction of sp³-hybridized carbons (Fsp3) is 0.350. The van der Waals surface area contributed by atoms with Crippen LogP contribution in [0.2, 0.25) is 0 Å². The molecule has 4 nitrogen and oxygen atoms in total. The van der Waals surface area contributed by atoms with Crippen molar-refractivity contribution < 1.29 is 13.7 Å². The van der Waals surface area contributed by atoms with Crippen LogP contribution >= 0.6 is 11.8 Å². The van der Waals surface area contributed by atoms with E-state index in [2.05, 4.69) is 50.9 Å². The topological polar surface area (TPSA) is 44.5 Å². The van der Waals surface area contributed by atoms with Crippen molar-refractivity contribution in [2.45, 2.75) is 49.9 Å². The van der Waals surface area contributed by atoms with Gasteiger partial charge in [-0.25, -0.2) is 4.98 Å². The minimum atomic E-state index is -0.339. The zero-order valence-electron chi connectivity index (χ0n) is 15.5. The molecule has 0 N–H and O–H groups in total. The van der Waals surface area contributed by atoms with Gasteiger partial charge in [0, 0.05) is 5.75 Å². The van der Waals surface area contributed by atoms with Gasteiger partial charge in [0.2, 0.25) is 0 Å². The molecule has 0 amide bonds. The van der Waals surface area contributed by atoms with Crippen molar-refractivity contribution in [3.63, 3.8) is 0 Å². The molecule has 0 aliphatic carbocycles. The van der Waals surface area contributed by atoms with Crippen molar-refractivity contribution >= 4 is 35.4 Å².